The third-order valence-electron chi connectivity index (χ3n) is 13.6. The van der Waals surface area contributed by atoms with Crippen LogP contribution in [0.2, 0.25) is 0 Å². The number of hydrogen-bond donors (Lipinski definition) is 0. The van der Waals surface area contributed by atoms with Crippen molar-refractivity contribution in [2.24, 2.45) is 0 Å². The molecule has 0 aliphatic rings. The Morgan fingerprint density at radius 2 is 0.783 bits per heavy atom. The molecular weight excluding hydrogens is 873 g/mol. The number of thiophene rings is 1. The highest BCUT2D eigenvalue weighted by Gasteiger charge is 2.41. The second-order valence-electron chi connectivity index (χ2n) is 17.5. The van der Waals surface area contributed by atoms with Crippen molar-refractivity contribution < 1.29 is 0 Å². The molecule has 13 rings (SSSR count). The van der Waals surface area contributed by atoms with Crippen molar-refractivity contribution in [2.45, 2.75) is 0 Å². The van der Waals surface area contributed by atoms with Crippen LogP contribution >= 0.6 is 11.3 Å². The number of nitrogens with zero attached hydrogens (tertiary/aromatic N) is 4. The van der Waals surface area contributed by atoms with Crippen molar-refractivity contribution in [1.29, 1.82) is 0 Å². The Labute approximate surface area is 405 Å². The van der Waals surface area contributed by atoms with Crippen LogP contribution < -0.4 is 20.7 Å². The smallest absolute Gasteiger partial charge is 0.179 e. The highest BCUT2D eigenvalue weighted by molar-refractivity contribution is 7.25. The Morgan fingerprint density at radius 3 is 1.43 bits per heavy atom. The molecule has 0 fully saturated rings. The summed E-state index contributed by atoms with van der Waals surface area (Å²) in [6, 6.07) is 92.0. The number of para-hydroxylation sites is 3. The van der Waals surface area contributed by atoms with Gasteiger partial charge in [0.2, 0.25) is 0 Å². The van der Waals surface area contributed by atoms with Crippen LogP contribution in [0.1, 0.15) is 0 Å². The topological polar surface area (TPSA) is 43.6 Å². The van der Waals surface area contributed by atoms with Crippen LogP contribution in [0.4, 0.5) is 0 Å². The van der Waals surface area contributed by atoms with E-state index in [1.807, 2.05) is 11.3 Å². The van der Waals surface area contributed by atoms with E-state index in [-0.39, 0.29) is 0 Å². The summed E-state index contributed by atoms with van der Waals surface area (Å²) in [5, 5.41) is 10.1. The SMILES string of the molecule is c1ccc([Si](c2ccccc2)(c2ccccc2)c2cccc(-c3nc(-c4ccccc4-c4ccc5sc6ccccc6c5c4)nc(-c4ccccc4-n4c5ccccc5c5ccccc54)n3)c2)cc1. The minimum absolute atomic E-state index is 0.602. The molecule has 0 aliphatic heterocycles. The van der Waals surface area contributed by atoms with Crippen molar-refractivity contribution in [1.82, 2.24) is 19.5 Å². The zero-order valence-electron chi connectivity index (χ0n) is 37.4. The van der Waals surface area contributed by atoms with Gasteiger partial charge in [0.1, 0.15) is 0 Å². The number of hydrogen-bond acceptors (Lipinski definition) is 4. The molecule has 6 heteroatoms. The second kappa shape index (κ2) is 17.0. The van der Waals surface area contributed by atoms with Gasteiger partial charge in [0.25, 0.3) is 0 Å². The molecule has 0 aliphatic carbocycles. The molecule has 3 aromatic heterocycles. The lowest BCUT2D eigenvalue weighted by Crippen LogP contribution is -2.74. The minimum atomic E-state index is -2.88. The summed E-state index contributed by atoms with van der Waals surface area (Å²) >= 11 is 1.83. The van der Waals surface area contributed by atoms with Gasteiger partial charge in [0.05, 0.1) is 16.7 Å². The molecule has 324 valence electrons. The summed E-state index contributed by atoms with van der Waals surface area (Å²) in [4.78, 5) is 16.5. The molecule has 0 N–H and O–H groups in total. The third-order valence-corrected chi connectivity index (χ3v) is 19.6. The standard InChI is InChI=1S/C63H42N4SSi/c1-4-22-45(23-5-1)69(46-24-6-2-7-25-46,47-26-8-3-9-27-47)48-28-20-21-44(41-48)61-64-62(53-33-11-10-29-49(53)43-39-40-60-55(42-43)52-32-15-19-38-59(52)68-60)66-63(65-61)54-34-14-18-37-58(54)67-56-35-16-12-30-50(56)51-31-13-17-36-57(51)67/h1-42H. The summed E-state index contributed by atoms with van der Waals surface area (Å²) in [6.45, 7) is 0. The predicted octanol–water partition coefficient (Wildman–Crippen LogP) is 13.4. The zero-order valence-corrected chi connectivity index (χ0v) is 39.3. The van der Waals surface area contributed by atoms with Crippen LogP contribution in [0.25, 0.3) is 93.0 Å². The van der Waals surface area contributed by atoms with Gasteiger partial charge in [-0.15, -0.1) is 11.3 Å². The fraction of sp³-hybridized carbons (Fsp3) is 0. The monoisotopic (exact) mass is 914 g/mol. The lowest BCUT2D eigenvalue weighted by atomic mass is 9.97. The molecule has 10 aromatic carbocycles. The predicted molar refractivity (Wildman–Crippen MR) is 292 cm³/mol. The first-order valence-corrected chi connectivity index (χ1v) is 26.2. The first kappa shape index (κ1) is 40.7. The Hall–Kier alpha value is -8.55. The Morgan fingerprint density at radius 1 is 0.304 bits per heavy atom. The third kappa shape index (κ3) is 6.83. The van der Waals surface area contributed by atoms with E-state index >= 15 is 0 Å². The molecule has 0 saturated heterocycles. The van der Waals surface area contributed by atoms with Gasteiger partial charge in [-0.3, -0.25) is 0 Å². The molecule has 13 aromatic rings. The Bertz CT molecular complexity index is 3880. The molecule has 0 amide bonds. The van der Waals surface area contributed by atoms with E-state index in [0.717, 1.165) is 44.5 Å². The molecule has 0 unspecified atom stereocenters. The largest absolute Gasteiger partial charge is 0.309 e. The molecule has 0 bridgehead atoms. The molecule has 0 saturated carbocycles. The Kier molecular flexibility index (Phi) is 10.00. The van der Waals surface area contributed by atoms with Gasteiger partial charge in [-0.1, -0.05) is 212 Å². The summed E-state index contributed by atoms with van der Waals surface area (Å²) < 4.78 is 4.91. The van der Waals surface area contributed by atoms with Gasteiger partial charge < -0.3 is 4.57 Å². The Balaban J connectivity index is 1.07. The highest BCUT2D eigenvalue weighted by atomic mass is 32.1. The fourth-order valence-electron chi connectivity index (χ4n) is 10.6. The van der Waals surface area contributed by atoms with Gasteiger partial charge in [0.15, 0.2) is 25.5 Å². The van der Waals surface area contributed by atoms with Crippen LogP contribution in [-0.2, 0) is 0 Å². The lowest BCUT2D eigenvalue weighted by molar-refractivity contribution is 1.06. The number of benzene rings is 10. The fourth-order valence-corrected chi connectivity index (χ4v) is 16.4. The van der Waals surface area contributed by atoms with Crippen molar-refractivity contribution in [3.05, 3.63) is 255 Å². The van der Waals surface area contributed by atoms with E-state index in [4.69, 9.17) is 15.0 Å². The van der Waals surface area contributed by atoms with Gasteiger partial charge in [-0.2, -0.15) is 0 Å². The summed E-state index contributed by atoms with van der Waals surface area (Å²) in [7, 11) is -2.88. The summed E-state index contributed by atoms with van der Waals surface area (Å²) in [5.41, 5.74) is 8.20. The molecule has 69 heavy (non-hydrogen) atoms. The average molecular weight is 915 g/mol. The molecule has 0 spiro atoms. The van der Waals surface area contributed by atoms with Crippen LogP contribution in [-0.4, -0.2) is 27.6 Å². The molecule has 0 radical (unpaired) electrons. The highest BCUT2D eigenvalue weighted by Crippen LogP contribution is 2.40. The molecular formula is C63H42N4SSi. The quantitative estimate of drug-likeness (QED) is 0.107. The van der Waals surface area contributed by atoms with E-state index < -0.39 is 8.07 Å². The van der Waals surface area contributed by atoms with Crippen LogP contribution in [0.5, 0.6) is 0 Å². The number of aromatic nitrogens is 4. The van der Waals surface area contributed by atoms with E-state index in [1.54, 1.807) is 0 Å². The maximum absolute atomic E-state index is 5.52. The zero-order chi connectivity index (χ0) is 45.7. The molecule has 3 heterocycles. The first-order chi connectivity index (χ1) is 34.2. The molecule has 0 atom stereocenters. The second-order valence-corrected chi connectivity index (χ2v) is 22.4. The first-order valence-electron chi connectivity index (χ1n) is 23.3. The van der Waals surface area contributed by atoms with Crippen LogP contribution in [0.15, 0.2) is 255 Å². The van der Waals surface area contributed by atoms with Crippen LogP contribution in [0.3, 0.4) is 0 Å². The lowest BCUT2D eigenvalue weighted by Gasteiger charge is -2.34. The van der Waals surface area contributed by atoms with Crippen molar-refractivity contribution >= 4 is 82.1 Å². The maximum Gasteiger partial charge on any atom is 0.179 e. The summed E-state index contributed by atoms with van der Waals surface area (Å²) in [6.07, 6.45) is 0. The van der Waals surface area contributed by atoms with Crippen LogP contribution in [0, 0.1) is 0 Å². The van der Waals surface area contributed by atoms with E-state index in [0.29, 0.717) is 17.5 Å². The van der Waals surface area contributed by atoms with Crippen molar-refractivity contribution in [2.75, 3.05) is 0 Å². The van der Waals surface area contributed by atoms with Gasteiger partial charge in [0, 0.05) is 47.6 Å². The van der Waals surface area contributed by atoms with Gasteiger partial charge in [-0.05, 0) is 74.3 Å². The van der Waals surface area contributed by atoms with Gasteiger partial charge in [-0.25, -0.2) is 15.0 Å². The number of rotatable bonds is 9. The average Bonchev–Trinajstić information content (AvgIpc) is 3.97. The molecule has 4 nitrogen and oxygen atoms in total. The van der Waals surface area contributed by atoms with E-state index in [9.17, 15) is 0 Å². The van der Waals surface area contributed by atoms with Crippen molar-refractivity contribution in [3.8, 4) is 51.0 Å². The van der Waals surface area contributed by atoms with Gasteiger partial charge >= 0.3 is 0 Å². The maximum atomic E-state index is 5.52. The van der Waals surface area contributed by atoms with E-state index in [1.165, 1.54) is 51.7 Å². The van der Waals surface area contributed by atoms with E-state index in [2.05, 4.69) is 259 Å². The minimum Gasteiger partial charge on any atom is -0.309 e. The normalized spacial score (nSPS) is 11.8. The number of fused-ring (bicyclic) bond motifs is 6. The van der Waals surface area contributed by atoms with Crippen molar-refractivity contribution in [3.63, 3.8) is 0 Å². The summed E-state index contributed by atoms with van der Waals surface area (Å²) in [5.74, 6) is 1.82.